The van der Waals surface area contributed by atoms with E-state index in [1.54, 1.807) is 21.3 Å². The predicted molar refractivity (Wildman–Crippen MR) is 70.0 cm³/mol. The summed E-state index contributed by atoms with van der Waals surface area (Å²) in [5, 5.41) is 0. The van der Waals surface area contributed by atoms with Crippen molar-refractivity contribution in [3.05, 3.63) is 23.3 Å². The van der Waals surface area contributed by atoms with Gasteiger partial charge in [0.2, 0.25) is 0 Å². The fourth-order valence-corrected chi connectivity index (χ4v) is 2.60. The smallest absolute Gasteiger partial charge is 0.166 e. The Balaban J connectivity index is 2.55. The molecule has 1 aromatic carbocycles. The SMILES string of the molecule is COCc1ccc(OC)c(OC)c1C1(N)CCC1. The van der Waals surface area contributed by atoms with Gasteiger partial charge in [0, 0.05) is 18.2 Å². The molecule has 1 aliphatic carbocycles. The number of methoxy groups -OCH3 is 3. The zero-order chi connectivity index (χ0) is 13.2. The van der Waals surface area contributed by atoms with Gasteiger partial charge in [0.25, 0.3) is 0 Å². The molecule has 0 saturated heterocycles. The van der Waals surface area contributed by atoms with E-state index >= 15 is 0 Å². The third-order valence-corrected chi connectivity index (χ3v) is 3.68. The monoisotopic (exact) mass is 251 g/mol. The molecule has 0 aromatic heterocycles. The number of benzene rings is 1. The number of ether oxygens (including phenoxy) is 3. The fraction of sp³-hybridized carbons (Fsp3) is 0.571. The molecular formula is C14H21NO3. The third kappa shape index (κ3) is 2.06. The highest BCUT2D eigenvalue weighted by molar-refractivity contribution is 5.54. The van der Waals surface area contributed by atoms with E-state index < -0.39 is 0 Å². The second-order valence-electron chi connectivity index (χ2n) is 4.78. The molecular weight excluding hydrogens is 230 g/mol. The van der Waals surface area contributed by atoms with Crippen LogP contribution in [0.15, 0.2) is 12.1 Å². The molecule has 2 rings (SSSR count). The van der Waals surface area contributed by atoms with Gasteiger partial charge < -0.3 is 19.9 Å². The topological polar surface area (TPSA) is 53.7 Å². The van der Waals surface area contributed by atoms with Gasteiger partial charge in [-0.2, -0.15) is 0 Å². The van der Waals surface area contributed by atoms with Crippen molar-refractivity contribution in [2.24, 2.45) is 5.73 Å². The highest BCUT2D eigenvalue weighted by atomic mass is 16.5. The van der Waals surface area contributed by atoms with E-state index in [0.717, 1.165) is 41.9 Å². The molecule has 0 bridgehead atoms. The van der Waals surface area contributed by atoms with Gasteiger partial charge in [0.15, 0.2) is 11.5 Å². The van der Waals surface area contributed by atoms with Gasteiger partial charge in [0.1, 0.15) is 0 Å². The van der Waals surface area contributed by atoms with E-state index in [1.165, 1.54) is 0 Å². The van der Waals surface area contributed by atoms with Crippen LogP contribution < -0.4 is 15.2 Å². The van der Waals surface area contributed by atoms with E-state index in [2.05, 4.69) is 0 Å². The summed E-state index contributed by atoms with van der Waals surface area (Å²) in [4.78, 5) is 0. The lowest BCUT2D eigenvalue weighted by Crippen LogP contribution is -2.44. The zero-order valence-electron chi connectivity index (χ0n) is 11.3. The molecule has 1 aromatic rings. The minimum atomic E-state index is -0.298. The molecule has 4 heteroatoms. The molecule has 0 unspecified atom stereocenters. The maximum atomic E-state index is 6.46. The van der Waals surface area contributed by atoms with Crippen LogP contribution in [0.5, 0.6) is 11.5 Å². The second-order valence-corrected chi connectivity index (χ2v) is 4.78. The molecule has 1 aliphatic rings. The Morgan fingerprint density at radius 1 is 1.17 bits per heavy atom. The largest absolute Gasteiger partial charge is 0.493 e. The van der Waals surface area contributed by atoms with Crippen LogP contribution in [-0.2, 0) is 16.9 Å². The summed E-state index contributed by atoms with van der Waals surface area (Å²) in [5.41, 5.74) is 8.29. The summed E-state index contributed by atoms with van der Waals surface area (Å²) in [6, 6.07) is 3.91. The lowest BCUT2D eigenvalue weighted by molar-refractivity contribution is 0.176. The maximum Gasteiger partial charge on any atom is 0.166 e. The van der Waals surface area contributed by atoms with Gasteiger partial charge >= 0.3 is 0 Å². The summed E-state index contributed by atoms with van der Waals surface area (Å²) < 4.78 is 16.1. The van der Waals surface area contributed by atoms with Crippen molar-refractivity contribution in [2.45, 2.75) is 31.4 Å². The van der Waals surface area contributed by atoms with Crippen molar-refractivity contribution < 1.29 is 14.2 Å². The summed E-state index contributed by atoms with van der Waals surface area (Å²) in [6.45, 7) is 0.536. The second kappa shape index (κ2) is 5.16. The molecule has 1 fully saturated rings. The first-order valence-corrected chi connectivity index (χ1v) is 6.18. The molecule has 0 amide bonds. The number of nitrogens with two attached hydrogens (primary N) is 1. The van der Waals surface area contributed by atoms with Crippen LogP contribution >= 0.6 is 0 Å². The van der Waals surface area contributed by atoms with Crippen molar-refractivity contribution in [1.29, 1.82) is 0 Å². The molecule has 0 aliphatic heterocycles. The molecule has 2 N–H and O–H groups in total. The normalized spacial score (nSPS) is 17.1. The van der Waals surface area contributed by atoms with Gasteiger partial charge in [-0.25, -0.2) is 0 Å². The molecule has 0 spiro atoms. The molecule has 1 saturated carbocycles. The van der Waals surface area contributed by atoms with E-state index in [0.29, 0.717) is 6.61 Å². The van der Waals surface area contributed by atoms with Crippen LogP contribution in [0.3, 0.4) is 0 Å². The maximum absolute atomic E-state index is 6.46. The van der Waals surface area contributed by atoms with Gasteiger partial charge in [-0.05, 0) is 30.9 Å². The highest BCUT2D eigenvalue weighted by Crippen LogP contribution is 2.47. The van der Waals surface area contributed by atoms with Gasteiger partial charge in [-0.3, -0.25) is 0 Å². The Morgan fingerprint density at radius 3 is 2.33 bits per heavy atom. The van der Waals surface area contributed by atoms with Crippen LogP contribution in [0.25, 0.3) is 0 Å². The Labute approximate surface area is 108 Å². The number of hydrogen-bond acceptors (Lipinski definition) is 4. The van der Waals surface area contributed by atoms with Gasteiger partial charge in [-0.1, -0.05) is 6.07 Å². The van der Waals surface area contributed by atoms with Crippen molar-refractivity contribution >= 4 is 0 Å². The highest BCUT2D eigenvalue weighted by Gasteiger charge is 2.39. The first kappa shape index (κ1) is 13.2. The van der Waals surface area contributed by atoms with Gasteiger partial charge in [0.05, 0.1) is 20.8 Å². The fourth-order valence-electron chi connectivity index (χ4n) is 2.60. The van der Waals surface area contributed by atoms with Crippen molar-refractivity contribution in [2.75, 3.05) is 21.3 Å². The average Bonchev–Trinajstić information content (AvgIpc) is 2.35. The van der Waals surface area contributed by atoms with E-state index in [-0.39, 0.29) is 5.54 Å². The lowest BCUT2D eigenvalue weighted by atomic mass is 9.71. The zero-order valence-corrected chi connectivity index (χ0v) is 11.3. The van der Waals surface area contributed by atoms with Crippen LogP contribution in [0.2, 0.25) is 0 Å². The molecule has 0 heterocycles. The number of rotatable bonds is 5. The van der Waals surface area contributed by atoms with Crippen LogP contribution in [0.4, 0.5) is 0 Å². The predicted octanol–water partition coefficient (Wildman–Crippen LogP) is 2.19. The summed E-state index contributed by atoms with van der Waals surface area (Å²) in [7, 11) is 4.98. The molecule has 4 nitrogen and oxygen atoms in total. The lowest BCUT2D eigenvalue weighted by Gasteiger charge is -2.40. The van der Waals surface area contributed by atoms with Crippen LogP contribution in [0.1, 0.15) is 30.4 Å². The summed E-state index contributed by atoms with van der Waals surface area (Å²) >= 11 is 0. The molecule has 18 heavy (non-hydrogen) atoms. The van der Waals surface area contributed by atoms with Crippen molar-refractivity contribution in [3.63, 3.8) is 0 Å². The van der Waals surface area contributed by atoms with E-state index in [9.17, 15) is 0 Å². The quantitative estimate of drug-likeness (QED) is 0.871. The number of hydrogen-bond donors (Lipinski definition) is 1. The summed E-state index contributed by atoms with van der Waals surface area (Å²) in [6.07, 6.45) is 3.11. The summed E-state index contributed by atoms with van der Waals surface area (Å²) in [5.74, 6) is 1.47. The van der Waals surface area contributed by atoms with Crippen molar-refractivity contribution in [1.82, 2.24) is 0 Å². The minimum absolute atomic E-state index is 0.298. The Kier molecular flexibility index (Phi) is 3.78. The van der Waals surface area contributed by atoms with Crippen LogP contribution in [0, 0.1) is 0 Å². The molecule has 0 radical (unpaired) electrons. The Morgan fingerprint density at radius 2 is 1.89 bits per heavy atom. The van der Waals surface area contributed by atoms with E-state index in [4.69, 9.17) is 19.9 Å². The Bertz CT molecular complexity index is 427. The molecule has 100 valence electrons. The standard InChI is InChI=1S/C14H21NO3/c1-16-9-10-5-6-11(17-2)13(18-3)12(10)14(15)7-4-8-14/h5-6H,4,7-9,15H2,1-3H3. The van der Waals surface area contributed by atoms with Crippen LogP contribution in [-0.4, -0.2) is 21.3 Å². The van der Waals surface area contributed by atoms with Gasteiger partial charge in [-0.15, -0.1) is 0 Å². The minimum Gasteiger partial charge on any atom is -0.493 e. The average molecular weight is 251 g/mol. The molecule has 0 atom stereocenters. The first-order valence-electron chi connectivity index (χ1n) is 6.18. The first-order chi connectivity index (χ1) is 8.66. The van der Waals surface area contributed by atoms with Crippen molar-refractivity contribution in [3.8, 4) is 11.5 Å². The third-order valence-electron chi connectivity index (χ3n) is 3.68. The van der Waals surface area contributed by atoms with E-state index in [1.807, 2.05) is 12.1 Å². The Hall–Kier alpha value is -1.26.